The summed E-state index contributed by atoms with van der Waals surface area (Å²) in [6, 6.07) is 7.21. The lowest BCUT2D eigenvalue weighted by Crippen LogP contribution is -2.72. The van der Waals surface area contributed by atoms with Gasteiger partial charge in [-0.15, -0.1) is 0 Å². The number of hydrazine groups is 1. The molecule has 0 radical (unpaired) electrons. The highest BCUT2D eigenvalue weighted by Gasteiger charge is 2.63. The molecule has 5 amide bonds. The van der Waals surface area contributed by atoms with E-state index in [-0.39, 0.29) is 88.8 Å². The number of alkyl carbamates (subject to hydrolysis) is 1. The van der Waals surface area contributed by atoms with Crippen molar-refractivity contribution in [3.63, 3.8) is 0 Å². The molecule has 25 nitrogen and oxygen atoms in total. The summed E-state index contributed by atoms with van der Waals surface area (Å²) >= 11 is 6.82. The number of aryl methyl sites for hydroxylation is 1. The first-order valence-corrected chi connectivity index (χ1v) is 28.3. The van der Waals surface area contributed by atoms with E-state index in [1.807, 2.05) is 47.8 Å². The number of benzene rings is 1. The van der Waals surface area contributed by atoms with Crippen LogP contribution < -0.4 is 31.0 Å². The van der Waals surface area contributed by atoms with E-state index in [1.54, 1.807) is 58.4 Å². The van der Waals surface area contributed by atoms with Crippen LogP contribution in [0.4, 0.5) is 10.5 Å². The molecule has 6 heterocycles. The van der Waals surface area contributed by atoms with E-state index < -0.39 is 89.5 Å². The van der Waals surface area contributed by atoms with Gasteiger partial charge in [0.15, 0.2) is 5.72 Å². The fraction of sp³-hybridized carbons (Fsp3) is 0.586. The Morgan fingerprint density at radius 1 is 1.02 bits per heavy atom. The molecule has 4 aliphatic rings. The first-order valence-electron chi connectivity index (χ1n) is 28.0. The van der Waals surface area contributed by atoms with Crippen molar-refractivity contribution in [3.8, 4) is 5.75 Å². The van der Waals surface area contributed by atoms with Crippen LogP contribution in [0.2, 0.25) is 5.02 Å². The van der Waals surface area contributed by atoms with E-state index in [4.69, 9.17) is 44.8 Å². The monoisotopic (exact) mass is 1200 g/mol. The van der Waals surface area contributed by atoms with Crippen LogP contribution >= 0.6 is 11.6 Å². The van der Waals surface area contributed by atoms with E-state index in [9.17, 15) is 43.8 Å². The number of carboxylic acids is 1. The molecule has 84 heavy (non-hydrogen) atoms. The van der Waals surface area contributed by atoms with Crippen molar-refractivity contribution in [3.05, 3.63) is 76.6 Å². The number of aromatic nitrogens is 2. The Kier molecular flexibility index (Phi) is 23.6. The lowest BCUT2D eigenvalue weighted by atomic mass is 9.72. The smallest absolute Gasteiger partial charge is 0.409 e. The Labute approximate surface area is 494 Å². The number of likely N-dealkylation sites (N-methyl/N-ethyl adjacent to an activating group) is 1. The fourth-order valence-corrected chi connectivity index (χ4v) is 10.9. The van der Waals surface area contributed by atoms with Gasteiger partial charge in [-0.1, -0.05) is 35.4 Å². The molecule has 1 unspecified atom stereocenters. The average molecular weight is 1200 g/mol. The molecular weight excluding hydrogens is 1110 g/mol. The van der Waals surface area contributed by atoms with Gasteiger partial charge in [0.1, 0.15) is 58.0 Å². The number of hydrogen-bond donors (Lipinski definition) is 6. The van der Waals surface area contributed by atoms with Crippen LogP contribution in [-0.4, -0.2) is 194 Å². The van der Waals surface area contributed by atoms with Crippen LogP contribution in [0, 0.1) is 0 Å². The van der Waals surface area contributed by atoms with Crippen molar-refractivity contribution in [1.82, 2.24) is 40.8 Å². The third-order valence-corrected chi connectivity index (χ3v) is 15.8. The van der Waals surface area contributed by atoms with Crippen molar-refractivity contribution >= 4 is 70.0 Å². The first-order chi connectivity index (χ1) is 39.8. The van der Waals surface area contributed by atoms with Gasteiger partial charge < -0.3 is 68.4 Å². The number of anilines is 1. The zero-order valence-electron chi connectivity index (χ0n) is 49.6. The maximum atomic E-state index is 14.4. The number of aliphatic carboxylic acids is 1. The number of methoxy groups -OCH3 is 2. The van der Waals surface area contributed by atoms with Gasteiger partial charge in [0, 0.05) is 84.3 Å². The Bertz CT molecular complexity index is 2890. The van der Waals surface area contributed by atoms with Gasteiger partial charge in [0.05, 0.1) is 58.6 Å². The largest absolute Gasteiger partial charge is 0.495 e. The third-order valence-electron chi connectivity index (χ3n) is 15.4. The summed E-state index contributed by atoms with van der Waals surface area (Å²) < 4.78 is 43.0. The van der Waals surface area contributed by atoms with E-state index in [0.717, 1.165) is 27.9 Å². The number of hydrogen-bond acceptors (Lipinski definition) is 18. The van der Waals surface area contributed by atoms with E-state index in [2.05, 4.69) is 26.4 Å². The number of aliphatic hydroxyl groups is 1. The number of nitrogens with one attached hydrogen (secondary N) is 4. The molecule has 6 bridgehead atoms. The third kappa shape index (κ3) is 17.2. The molecule has 0 spiro atoms. The SMILES string of the molecule is CNN(C)Cc1cc2cccnc2n1CCC(=O)N[C@@H](CCCC(=O)O)C(=O)NCCOCCOCCC(=O)N(C)[C@@H](C)C(=O)O[C@H]1CC(=O)N(C)c2cc(cc(OC)c2Cl)C/C(C)=C/C=C/[C@@H](OC)[C@@]2(O)C[C@H](OC(=O)N2)C2(C)C[C@@]1(C)O2. The Morgan fingerprint density at radius 3 is 2.44 bits per heavy atom. The van der Waals surface area contributed by atoms with Gasteiger partial charge in [-0.2, -0.15) is 0 Å². The minimum absolute atomic E-state index is 0.0235. The van der Waals surface area contributed by atoms with Crippen LogP contribution in [0.1, 0.15) is 90.3 Å². The van der Waals surface area contributed by atoms with E-state index >= 15 is 0 Å². The maximum absolute atomic E-state index is 14.4. The number of carboxylic acid groups (broad SMARTS) is 1. The molecule has 6 N–H and O–H groups in total. The zero-order chi connectivity index (χ0) is 61.5. The van der Waals surface area contributed by atoms with Crippen LogP contribution in [0.3, 0.4) is 0 Å². The van der Waals surface area contributed by atoms with Gasteiger partial charge >= 0.3 is 18.0 Å². The van der Waals surface area contributed by atoms with Crippen LogP contribution in [0.15, 0.2) is 60.3 Å². The van der Waals surface area contributed by atoms with Crippen LogP contribution in [0.25, 0.3) is 11.0 Å². The lowest BCUT2D eigenvalue weighted by molar-refractivity contribution is -0.328. The Balaban J connectivity index is 1.00. The number of amides is 5. The number of carbonyl (C=O) groups is 7. The molecular formula is C58H82ClN9O16. The molecule has 8 atom stereocenters. The summed E-state index contributed by atoms with van der Waals surface area (Å²) in [5, 5.41) is 32.1. The van der Waals surface area contributed by atoms with Gasteiger partial charge in [-0.25, -0.2) is 19.6 Å². The molecule has 2 fully saturated rings. The summed E-state index contributed by atoms with van der Waals surface area (Å²) in [4.78, 5) is 99.8. The zero-order valence-corrected chi connectivity index (χ0v) is 50.4. The number of carbonyl (C=O) groups excluding carboxylic acids is 6. The van der Waals surface area contributed by atoms with Crippen molar-refractivity contribution in [2.75, 3.05) is 80.3 Å². The number of nitrogens with zero attached hydrogens (tertiary/aromatic N) is 5. The van der Waals surface area contributed by atoms with Crippen molar-refractivity contribution in [1.29, 1.82) is 0 Å². The van der Waals surface area contributed by atoms with Crippen LogP contribution in [0.5, 0.6) is 5.75 Å². The normalized spacial score (nSPS) is 24.4. The summed E-state index contributed by atoms with van der Waals surface area (Å²) in [6.45, 7) is 7.94. The standard InChI is InChI=1S/C58H82ClN9O16/c1-36-14-11-17-44(79-10)58(77)33-46(83-55(76)64-58)57(4)35-56(3,84-57)45(32-49(71)67(8)42-29-38(28-36)30-43(78-9)51(42)59)82-54(75)37(2)66(7)48(70)20-24-80-26-27-81-25-22-62-53(74)41(16-12-18-50(72)73)63-47(69)19-23-68-40(34-65(6)60-5)31-39-15-13-21-61-52(39)68/h11,13-15,17,21,29-31,37,41,44-46,60,77H,12,16,18-20,22-28,32-35H2,1-10H3,(H,62,74)(H,63,69)(H,64,76)(H,72,73)/b17-11+,36-14+/t37-,41-,44+,45-,46-,56+,57?,58-/m0/s1. The summed E-state index contributed by atoms with van der Waals surface area (Å²) in [5.74, 6) is -3.34. The molecule has 7 rings (SSSR count). The molecule has 2 saturated heterocycles. The Morgan fingerprint density at radius 2 is 1.75 bits per heavy atom. The molecule has 1 aromatic carbocycles. The minimum Gasteiger partial charge on any atom is -0.495 e. The van der Waals surface area contributed by atoms with Crippen LogP contribution in [-0.2, 0) is 76.7 Å². The number of rotatable bonds is 26. The summed E-state index contributed by atoms with van der Waals surface area (Å²) in [7, 11) is 9.55. The molecule has 462 valence electrons. The van der Waals surface area contributed by atoms with Gasteiger partial charge in [-0.3, -0.25) is 34.7 Å². The highest BCUT2D eigenvalue weighted by atomic mass is 35.5. The fourth-order valence-electron chi connectivity index (χ4n) is 10.6. The molecule has 0 saturated carbocycles. The quantitative estimate of drug-likeness (QED) is 0.0377. The summed E-state index contributed by atoms with van der Waals surface area (Å²) in [6.07, 6.45) is 2.67. The number of esters is 1. The average Bonchev–Trinajstić information content (AvgIpc) is 1.53. The number of allylic oxidation sites excluding steroid dienone is 3. The lowest BCUT2D eigenvalue weighted by Gasteiger charge is -2.59. The maximum Gasteiger partial charge on any atom is 0.409 e. The summed E-state index contributed by atoms with van der Waals surface area (Å²) in [5.41, 5.74) is 2.24. The minimum atomic E-state index is -1.91. The first kappa shape index (κ1) is 66.4. The van der Waals surface area contributed by atoms with Gasteiger partial charge in [0.2, 0.25) is 23.6 Å². The molecule has 4 aliphatic heterocycles. The second kappa shape index (κ2) is 29.9. The second-order valence-electron chi connectivity index (χ2n) is 21.9. The van der Waals surface area contributed by atoms with Crippen molar-refractivity contribution < 1.29 is 76.9 Å². The predicted molar refractivity (Wildman–Crippen MR) is 309 cm³/mol. The highest BCUT2D eigenvalue weighted by Crippen LogP contribution is 2.50. The van der Waals surface area contributed by atoms with E-state index in [1.165, 1.54) is 38.0 Å². The number of halogens is 1. The molecule has 26 heteroatoms. The highest BCUT2D eigenvalue weighted by molar-refractivity contribution is 6.35. The van der Waals surface area contributed by atoms with Crippen molar-refractivity contribution in [2.45, 2.75) is 146 Å². The predicted octanol–water partition coefficient (Wildman–Crippen LogP) is 3.94. The number of ether oxygens (including phenoxy) is 7. The number of pyridine rings is 1. The van der Waals surface area contributed by atoms with Crippen molar-refractivity contribution in [2.24, 2.45) is 0 Å². The number of fused-ring (bicyclic) bond motifs is 7. The van der Waals surface area contributed by atoms with Gasteiger partial charge in [-0.05, 0) is 89.9 Å². The second-order valence-corrected chi connectivity index (χ2v) is 22.3. The molecule has 3 aromatic rings. The molecule has 0 aliphatic carbocycles. The molecule has 2 aromatic heterocycles. The Hall–Kier alpha value is -6.71. The topological polar surface area (TPSA) is 300 Å². The van der Waals surface area contributed by atoms with E-state index in [0.29, 0.717) is 30.9 Å². The van der Waals surface area contributed by atoms with Gasteiger partial charge in [0.25, 0.3) is 0 Å².